The monoisotopic (exact) mass is 403 g/mol. The van der Waals surface area contributed by atoms with Crippen LogP contribution in [-0.4, -0.2) is 26.3 Å². The second-order valence-corrected chi connectivity index (χ2v) is 8.59. The number of benzene rings is 2. The maximum Gasteiger partial charge on any atom is 0.252 e. The minimum Gasteiger partial charge on any atom is -0.340 e. The minimum absolute atomic E-state index is 0.102. The Morgan fingerprint density at radius 3 is 2.36 bits per heavy atom. The first-order valence-electron chi connectivity index (χ1n) is 8.88. The van der Waals surface area contributed by atoms with Gasteiger partial charge in [-0.05, 0) is 49.1 Å². The molecule has 0 aliphatic rings. The minimum atomic E-state index is -3.88. The van der Waals surface area contributed by atoms with Crippen molar-refractivity contribution in [1.82, 2.24) is 5.32 Å². The Morgan fingerprint density at radius 1 is 1.07 bits per heavy atom. The van der Waals surface area contributed by atoms with Gasteiger partial charge in [0.2, 0.25) is 15.9 Å². The topological polar surface area (TPSA) is 118 Å². The second-order valence-electron chi connectivity index (χ2n) is 7.03. The molecule has 0 radical (unpaired) electrons. The van der Waals surface area contributed by atoms with E-state index in [0.717, 1.165) is 5.56 Å². The molecule has 0 unspecified atom stereocenters. The quantitative estimate of drug-likeness (QED) is 0.658. The number of sulfonamides is 1. The summed E-state index contributed by atoms with van der Waals surface area (Å²) in [6.45, 7) is 5.72. The number of aryl methyl sites for hydroxylation is 1. The van der Waals surface area contributed by atoms with Gasteiger partial charge >= 0.3 is 0 Å². The van der Waals surface area contributed by atoms with Gasteiger partial charge in [0.05, 0.1) is 4.90 Å². The fourth-order valence-corrected chi connectivity index (χ4v) is 3.31. The Kier molecular flexibility index (Phi) is 6.93. The normalized spacial score (nSPS) is 12.5. The lowest BCUT2D eigenvalue weighted by atomic mass is 10.0. The summed E-state index contributed by atoms with van der Waals surface area (Å²) in [7, 11) is -3.88. The summed E-state index contributed by atoms with van der Waals surface area (Å²) in [5, 5.41) is 10.6. The largest absolute Gasteiger partial charge is 0.340 e. The van der Waals surface area contributed by atoms with E-state index in [-0.39, 0.29) is 22.4 Å². The molecule has 28 heavy (non-hydrogen) atoms. The van der Waals surface area contributed by atoms with E-state index in [1.807, 2.05) is 32.9 Å². The SMILES string of the molecule is Cc1ccccc1C(=O)N[C@@H](CC(C)C)C(=O)Nc1cccc(S(N)(=O)=O)c1. The molecule has 0 fully saturated rings. The van der Waals surface area contributed by atoms with Crippen LogP contribution in [-0.2, 0) is 14.8 Å². The summed E-state index contributed by atoms with van der Waals surface area (Å²) in [6, 6.07) is 12.0. The standard InChI is InChI=1S/C20H25N3O4S/c1-13(2)11-18(23-19(24)17-10-5-4-7-14(17)3)20(25)22-15-8-6-9-16(12-15)28(21,26)27/h4-10,12-13,18H,11H2,1-3H3,(H,22,25)(H,23,24)(H2,21,26,27)/t18-/m0/s1. The van der Waals surface area contributed by atoms with Gasteiger partial charge in [-0.2, -0.15) is 0 Å². The number of carbonyl (C=O) groups excluding carboxylic acids is 2. The fourth-order valence-electron chi connectivity index (χ4n) is 2.75. The number of nitrogens with two attached hydrogens (primary N) is 1. The maximum atomic E-state index is 12.8. The number of rotatable bonds is 7. The van der Waals surface area contributed by atoms with Gasteiger partial charge in [-0.25, -0.2) is 13.6 Å². The van der Waals surface area contributed by atoms with Gasteiger partial charge in [0, 0.05) is 11.3 Å². The van der Waals surface area contributed by atoms with Crippen LogP contribution in [0.4, 0.5) is 5.69 Å². The van der Waals surface area contributed by atoms with Crippen LogP contribution in [0.3, 0.4) is 0 Å². The number of hydrogen-bond donors (Lipinski definition) is 3. The second kappa shape index (κ2) is 8.99. The smallest absolute Gasteiger partial charge is 0.252 e. The highest BCUT2D eigenvalue weighted by Crippen LogP contribution is 2.16. The molecule has 0 aliphatic heterocycles. The zero-order chi connectivity index (χ0) is 20.9. The summed E-state index contributed by atoms with van der Waals surface area (Å²) < 4.78 is 23.0. The molecule has 7 nitrogen and oxygen atoms in total. The van der Waals surface area contributed by atoms with Crippen molar-refractivity contribution in [2.45, 2.75) is 38.1 Å². The molecule has 2 rings (SSSR count). The van der Waals surface area contributed by atoms with E-state index in [1.54, 1.807) is 18.2 Å². The van der Waals surface area contributed by atoms with E-state index >= 15 is 0 Å². The summed E-state index contributed by atoms with van der Waals surface area (Å²) in [6.07, 6.45) is 0.429. The third-order valence-electron chi connectivity index (χ3n) is 4.15. The Morgan fingerprint density at radius 2 is 1.75 bits per heavy atom. The molecule has 1 atom stereocenters. The van der Waals surface area contributed by atoms with Gasteiger partial charge in [-0.3, -0.25) is 9.59 Å². The highest BCUT2D eigenvalue weighted by molar-refractivity contribution is 7.89. The van der Waals surface area contributed by atoms with Crippen molar-refractivity contribution in [2.24, 2.45) is 11.1 Å². The molecule has 8 heteroatoms. The summed E-state index contributed by atoms with van der Waals surface area (Å²) in [5.41, 5.74) is 1.60. The van der Waals surface area contributed by atoms with E-state index in [2.05, 4.69) is 10.6 Å². The van der Waals surface area contributed by atoms with E-state index < -0.39 is 22.0 Å². The molecule has 0 saturated heterocycles. The molecule has 2 aromatic rings. The zero-order valence-electron chi connectivity index (χ0n) is 16.1. The Bertz CT molecular complexity index is 971. The van der Waals surface area contributed by atoms with Crippen LogP contribution in [0, 0.1) is 12.8 Å². The predicted octanol–water partition coefficient (Wildman–Crippen LogP) is 2.43. The van der Waals surface area contributed by atoms with E-state index in [1.165, 1.54) is 18.2 Å². The molecular formula is C20H25N3O4S. The number of carbonyl (C=O) groups is 2. The Balaban J connectivity index is 2.20. The molecule has 4 N–H and O–H groups in total. The lowest BCUT2D eigenvalue weighted by Crippen LogP contribution is -2.44. The molecule has 0 bridgehead atoms. The van der Waals surface area contributed by atoms with Crippen LogP contribution < -0.4 is 15.8 Å². The first-order valence-corrected chi connectivity index (χ1v) is 10.4. The lowest BCUT2D eigenvalue weighted by Gasteiger charge is -2.21. The summed E-state index contributed by atoms with van der Waals surface area (Å²) in [4.78, 5) is 25.3. The Hall–Kier alpha value is -2.71. The summed E-state index contributed by atoms with van der Waals surface area (Å²) in [5.74, 6) is -0.608. The van der Waals surface area contributed by atoms with Crippen molar-refractivity contribution in [3.63, 3.8) is 0 Å². The fraction of sp³-hybridized carbons (Fsp3) is 0.300. The zero-order valence-corrected chi connectivity index (χ0v) is 16.9. The molecule has 0 aliphatic carbocycles. The average molecular weight is 404 g/mol. The molecule has 0 aromatic heterocycles. The van der Waals surface area contributed by atoms with Crippen LogP contribution in [0.1, 0.15) is 36.2 Å². The van der Waals surface area contributed by atoms with Crippen molar-refractivity contribution in [1.29, 1.82) is 0 Å². The molecule has 0 heterocycles. The highest BCUT2D eigenvalue weighted by atomic mass is 32.2. The van der Waals surface area contributed by atoms with Gasteiger partial charge in [0.1, 0.15) is 6.04 Å². The lowest BCUT2D eigenvalue weighted by molar-refractivity contribution is -0.118. The maximum absolute atomic E-state index is 12.8. The van der Waals surface area contributed by atoms with Crippen LogP contribution in [0.5, 0.6) is 0 Å². The van der Waals surface area contributed by atoms with Crippen LogP contribution in [0.25, 0.3) is 0 Å². The van der Waals surface area contributed by atoms with Gasteiger partial charge in [0.15, 0.2) is 0 Å². The van der Waals surface area contributed by atoms with Crippen molar-refractivity contribution in [3.05, 3.63) is 59.7 Å². The van der Waals surface area contributed by atoms with Gasteiger partial charge < -0.3 is 10.6 Å². The van der Waals surface area contributed by atoms with E-state index in [0.29, 0.717) is 12.0 Å². The van der Waals surface area contributed by atoms with Crippen molar-refractivity contribution < 1.29 is 18.0 Å². The predicted molar refractivity (Wildman–Crippen MR) is 108 cm³/mol. The van der Waals surface area contributed by atoms with Crippen molar-refractivity contribution in [3.8, 4) is 0 Å². The number of primary sulfonamides is 1. The first-order chi connectivity index (χ1) is 13.1. The van der Waals surface area contributed by atoms with Gasteiger partial charge in [-0.15, -0.1) is 0 Å². The van der Waals surface area contributed by atoms with Crippen molar-refractivity contribution in [2.75, 3.05) is 5.32 Å². The Labute approximate surface area is 165 Å². The molecule has 2 amide bonds. The average Bonchev–Trinajstić information content (AvgIpc) is 2.60. The summed E-state index contributed by atoms with van der Waals surface area (Å²) >= 11 is 0. The van der Waals surface area contributed by atoms with Crippen LogP contribution >= 0.6 is 0 Å². The van der Waals surface area contributed by atoms with E-state index in [4.69, 9.17) is 5.14 Å². The molecule has 0 spiro atoms. The number of hydrogen-bond acceptors (Lipinski definition) is 4. The molecular weight excluding hydrogens is 378 g/mol. The molecule has 0 saturated carbocycles. The van der Waals surface area contributed by atoms with Crippen LogP contribution in [0.15, 0.2) is 53.4 Å². The van der Waals surface area contributed by atoms with Crippen molar-refractivity contribution >= 4 is 27.5 Å². The highest BCUT2D eigenvalue weighted by Gasteiger charge is 2.23. The number of amides is 2. The number of nitrogens with one attached hydrogen (secondary N) is 2. The van der Waals surface area contributed by atoms with E-state index in [9.17, 15) is 18.0 Å². The third kappa shape index (κ3) is 5.90. The third-order valence-corrected chi connectivity index (χ3v) is 5.06. The number of anilines is 1. The van der Waals surface area contributed by atoms with Gasteiger partial charge in [-0.1, -0.05) is 38.1 Å². The van der Waals surface area contributed by atoms with Gasteiger partial charge in [0.25, 0.3) is 5.91 Å². The van der Waals surface area contributed by atoms with Crippen LogP contribution in [0.2, 0.25) is 0 Å². The molecule has 150 valence electrons. The molecule has 2 aromatic carbocycles. The first kappa shape index (κ1) is 21.6.